The molecule has 3 nitrogen and oxygen atoms in total. The van der Waals surface area contributed by atoms with Gasteiger partial charge in [0.15, 0.2) is 5.78 Å². The molecular weight excluding hydrogens is 492 g/mol. The fourth-order valence-corrected chi connectivity index (χ4v) is 7.08. The topological polar surface area (TPSA) is 51.2 Å². The SMILES string of the molecule is CC(=O)C(C)C/C(=C(\C)C(=O)C(CC(=O)C(C(C)(C)C)C(C)(C)C1=CC(C)c2ccccc21)C(C)(C)C)C(C)C. The molecule has 0 heterocycles. The third kappa shape index (κ3) is 7.31. The number of fused-ring (bicyclic) bond motifs is 1. The van der Waals surface area contributed by atoms with Crippen molar-refractivity contribution in [2.24, 2.45) is 39.9 Å². The smallest absolute Gasteiger partial charge is 0.162 e. The highest BCUT2D eigenvalue weighted by Gasteiger charge is 2.48. The molecule has 1 aliphatic rings. The third-order valence-corrected chi connectivity index (χ3v) is 9.30. The number of allylic oxidation sites excluding steroid dienone is 4. The first-order valence-corrected chi connectivity index (χ1v) is 15.2. The molecule has 0 amide bonds. The average molecular weight is 549 g/mol. The minimum atomic E-state index is -0.439. The van der Waals surface area contributed by atoms with Crippen molar-refractivity contribution in [1.29, 1.82) is 0 Å². The molecule has 4 atom stereocenters. The largest absolute Gasteiger partial charge is 0.300 e. The van der Waals surface area contributed by atoms with E-state index in [0.29, 0.717) is 12.3 Å². The molecule has 0 fully saturated rings. The Morgan fingerprint density at radius 2 is 1.38 bits per heavy atom. The fraction of sp³-hybridized carbons (Fsp3) is 0.649. The molecule has 1 aromatic carbocycles. The summed E-state index contributed by atoms with van der Waals surface area (Å²) < 4.78 is 0. The Kier molecular flexibility index (Phi) is 10.4. The zero-order chi connectivity index (χ0) is 31.0. The summed E-state index contributed by atoms with van der Waals surface area (Å²) in [5, 5.41) is 0. The molecule has 0 saturated heterocycles. The maximum Gasteiger partial charge on any atom is 0.162 e. The van der Waals surface area contributed by atoms with Crippen LogP contribution in [0.1, 0.15) is 127 Å². The predicted octanol–water partition coefficient (Wildman–Crippen LogP) is 9.65. The van der Waals surface area contributed by atoms with Crippen molar-refractivity contribution in [2.75, 3.05) is 0 Å². The molecule has 1 aliphatic carbocycles. The Morgan fingerprint density at radius 1 is 0.825 bits per heavy atom. The van der Waals surface area contributed by atoms with Crippen molar-refractivity contribution >= 4 is 22.9 Å². The van der Waals surface area contributed by atoms with Crippen LogP contribution in [0.4, 0.5) is 0 Å². The molecule has 40 heavy (non-hydrogen) atoms. The summed E-state index contributed by atoms with van der Waals surface area (Å²) in [5.41, 5.74) is 4.46. The van der Waals surface area contributed by atoms with E-state index in [9.17, 15) is 14.4 Å². The van der Waals surface area contributed by atoms with Crippen LogP contribution in [0.25, 0.3) is 5.57 Å². The van der Waals surface area contributed by atoms with Crippen LogP contribution in [0, 0.1) is 39.9 Å². The van der Waals surface area contributed by atoms with Gasteiger partial charge in [-0.05, 0) is 59.3 Å². The summed E-state index contributed by atoms with van der Waals surface area (Å²) >= 11 is 0. The summed E-state index contributed by atoms with van der Waals surface area (Å²) in [7, 11) is 0. The van der Waals surface area contributed by atoms with E-state index in [1.807, 2.05) is 13.8 Å². The zero-order valence-electron chi connectivity index (χ0n) is 27.9. The van der Waals surface area contributed by atoms with Crippen LogP contribution in [0.15, 0.2) is 41.5 Å². The van der Waals surface area contributed by atoms with Crippen LogP contribution >= 0.6 is 0 Å². The van der Waals surface area contributed by atoms with Crippen LogP contribution in [0.3, 0.4) is 0 Å². The van der Waals surface area contributed by atoms with Crippen LogP contribution in [-0.4, -0.2) is 17.3 Å². The Hall–Kier alpha value is -2.29. The average Bonchev–Trinajstić information content (AvgIpc) is 3.15. The van der Waals surface area contributed by atoms with Gasteiger partial charge in [-0.25, -0.2) is 0 Å². The number of ketones is 3. The van der Waals surface area contributed by atoms with E-state index in [1.54, 1.807) is 6.92 Å². The highest BCUT2D eigenvalue weighted by Crippen LogP contribution is 2.54. The highest BCUT2D eigenvalue weighted by atomic mass is 16.1. The molecule has 0 aliphatic heterocycles. The highest BCUT2D eigenvalue weighted by molar-refractivity contribution is 6.01. The standard InChI is InChI=1S/C37H56O3/c1-22(2)29(19-23(3)26(6)38)25(5)33(40)31(35(7,8)9)21-32(39)34(36(10,11)12)37(13,14)30-20-24(4)27-17-15-16-18-28(27)30/h15-18,20,22-24,31,34H,19,21H2,1-14H3/b29-25-. The number of Topliss-reactive ketones (excluding diaryl/α,β-unsaturated/α-hetero) is 3. The van der Waals surface area contributed by atoms with Crippen LogP contribution in [-0.2, 0) is 14.4 Å². The van der Waals surface area contributed by atoms with Gasteiger partial charge < -0.3 is 0 Å². The lowest BCUT2D eigenvalue weighted by Crippen LogP contribution is -2.43. The Labute approximate surface area is 245 Å². The number of rotatable bonds is 11. The Morgan fingerprint density at radius 3 is 1.85 bits per heavy atom. The van der Waals surface area contributed by atoms with E-state index >= 15 is 0 Å². The van der Waals surface area contributed by atoms with Crippen molar-refractivity contribution in [2.45, 2.75) is 116 Å². The van der Waals surface area contributed by atoms with Crippen molar-refractivity contribution in [3.63, 3.8) is 0 Å². The van der Waals surface area contributed by atoms with Crippen molar-refractivity contribution in [1.82, 2.24) is 0 Å². The third-order valence-electron chi connectivity index (χ3n) is 9.30. The molecule has 4 unspecified atom stereocenters. The van der Waals surface area contributed by atoms with E-state index in [1.165, 1.54) is 16.7 Å². The molecule has 1 aromatic rings. The number of benzene rings is 1. The summed E-state index contributed by atoms with van der Waals surface area (Å²) in [6.45, 7) is 28.9. The molecule has 0 radical (unpaired) electrons. The van der Waals surface area contributed by atoms with Gasteiger partial charge in [0.2, 0.25) is 0 Å². The molecule has 2 rings (SSSR count). The molecule has 3 heteroatoms. The van der Waals surface area contributed by atoms with Gasteiger partial charge in [-0.3, -0.25) is 14.4 Å². The normalized spacial score (nSPS) is 19.0. The second-order valence-electron chi connectivity index (χ2n) is 15.5. The van der Waals surface area contributed by atoms with E-state index < -0.39 is 11.3 Å². The number of carbonyl (C=O) groups excluding carboxylic acids is 3. The van der Waals surface area contributed by atoms with E-state index in [0.717, 1.165) is 11.1 Å². The van der Waals surface area contributed by atoms with Gasteiger partial charge in [-0.1, -0.05) is 119 Å². The van der Waals surface area contributed by atoms with E-state index in [4.69, 9.17) is 0 Å². The lowest BCUT2D eigenvalue weighted by atomic mass is 9.58. The first kappa shape index (κ1) is 33.9. The number of hydrogen-bond acceptors (Lipinski definition) is 3. The predicted molar refractivity (Wildman–Crippen MR) is 169 cm³/mol. The van der Waals surface area contributed by atoms with Gasteiger partial charge in [-0.2, -0.15) is 0 Å². The van der Waals surface area contributed by atoms with Crippen molar-refractivity contribution < 1.29 is 14.4 Å². The summed E-state index contributed by atoms with van der Waals surface area (Å²) in [4.78, 5) is 40.7. The minimum absolute atomic E-state index is 0.0461. The van der Waals surface area contributed by atoms with Crippen LogP contribution in [0.2, 0.25) is 0 Å². The summed E-state index contributed by atoms with van der Waals surface area (Å²) in [6, 6.07) is 8.54. The van der Waals surface area contributed by atoms with Gasteiger partial charge in [0.25, 0.3) is 0 Å². The first-order valence-electron chi connectivity index (χ1n) is 15.2. The monoisotopic (exact) mass is 548 g/mol. The van der Waals surface area contributed by atoms with Crippen molar-refractivity contribution in [3.05, 3.63) is 52.6 Å². The quantitative estimate of drug-likeness (QED) is 0.259. The Balaban J connectivity index is 2.55. The maximum atomic E-state index is 14.5. The van der Waals surface area contributed by atoms with Gasteiger partial charge in [0, 0.05) is 35.5 Å². The van der Waals surface area contributed by atoms with Gasteiger partial charge in [-0.15, -0.1) is 0 Å². The van der Waals surface area contributed by atoms with Gasteiger partial charge >= 0.3 is 0 Å². The lowest BCUT2D eigenvalue weighted by Gasteiger charge is -2.44. The number of hydrogen-bond donors (Lipinski definition) is 0. The van der Waals surface area contributed by atoms with E-state index in [2.05, 4.69) is 107 Å². The second kappa shape index (κ2) is 12.3. The van der Waals surface area contributed by atoms with Crippen LogP contribution < -0.4 is 0 Å². The van der Waals surface area contributed by atoms with Gasteiger partial charge in [0.05, 0.1) is 0 Å². The Bertz CT molecular complexity index is 1180. The molecule has 222 valence electrons. The van der Waals surface area contributed by atoms with E-state index in [-0.39, 0.29) is 52.4 Å². The minimum Gasteiger partial charge on any atom is -0.300 e. The fourth-order valence-electron chi connectivity index (χ4n) is 7.08. The van der Waals surface area contributed by atoms with Crippen molar-refractivity contribution in [3.8, 4) is 0 Å². The molecule has 0 bridgehead atoms. The second-order valence-corrected chi connectivity index (χ2v) is 15.5. The molecule has 0 spiro atoms. The summed E-state index contributed by atoms with van der Waals surface area (Å²) in [5.74, 6) is -0.0483. The van der Waals surface area contributed by atoms with Crippen LogP contribution in [0.5, 0.6) is 0 Å². The number of carbonyl (C=O) groups is 3. The zero-order valence-corrected chi connectivity index (χ0v) is 27.9. The lowest BCUT2D eigenvalue weighted by molar-refractivity contribution is -0.135. The molecule has 0 N–H and O–H groups in total. The molecule has 0 saturated carbocycles. The van der Waals surface area contributed by atoms with Gasteiger partial charge in [0.1, 0.15) is 11.6 Å². The molecular formula is C37H56O3. The molecule has 0 aromatic heterocycles. The summed E-state index contributed by atoms with van der Waals surface area (Å²) in [6.07, 6.45) is 3.13. The first-order chi connectivity index (χ1) is 18.1. The maximum absolute atomic E-state index is 14.5.